The van der Waals surface area contributed by atoms with Crippen LogP contribution in [0.15, 0.2) is 53.3 Å². The Morgan fingerprint density at radius 2 is 1.57 bits per heavy atom. The zero-order valence-electron chi connectivity index (χ0n) is 12.6. The van der Waals surface area contributed by atoms with E-state index >= 15 is 0 Å². The van der Waals surface area contributed by atoms with Gasteiger partial charge in [0.2, 0.25) is 0 Å². The first-order valence-corrected chi connectivity index (χ1v) is 7.64. The Morgan fingerprint density at radius 1 is 0.957 bits per heavy atom. The monoisotopic (exact) mass is 305 g/mol. The summed E-state index contributed by atoms with van der Waals surface area (Å²) < 4.78 is 1.36. The molecule has 4 nitrogen and oxygen atoms in total. The molecule has 114 valence electrons. The van der Waals surface area contributed by atoms with Crippen LogP contribution in [0.5, 0.6) is 0 Å². The minimum absolute atomic E-state index is 0.0937. The van der Waals surface area contributed by atoms with Crippen molar-refractivity contribution >= 4 is 16.6 Å². The van der Waals surface area contributed by atoms with E-state index in [9.17, 15) is 14.7 Å². The van der Waals surface area contributed by atoms with Crippen molar-refractivity contribution in [2.24, 2.45) is 0 Å². The lowest BCUT2D eigenvalue weighted by molar-refractivity contribution is 0.0979. The molecule has 1 aliphatic carbocycles. The molecule has 0 radical (unpaired) electrons. The van der Waals surface area contributed by atoms with Crippen molar-refractivity contribution in [1.82, 2.24) is 4.57 Å². The molecule has 1 N–H and O–H groups in total. The lowest BCUT2D eigenvalue weighted by Gasteiger charge is -2.19. The molecule has 0 unspecified atom stereocenters. The van der Waals surface area contributed by atoms with Crippen LogP contribution in [0.1, 0.15) is 35.5 Å². The van der Waals surface area contributed by atoms with Gasteiger partial charge in [0.1, 0.15) is 6.23 Å². The van der Waals surface area contributed by atoms with Crippen LogP contribution in [0.2, 0.25) is 0 Å². The van der Waals surface area contributed by atoms with Crippen molar-refractivity contribution in [3.8, 4) is 11.3 Å². The van der Waals surface area contributed by atoms with E-state index in [4.69, 9.17) is 0 Å². The Bertz CT molecular complexity index is 1020. The maximum absolute atomic E-state index is 12.9. The fourth-order valence-corrected chi connectivity index (χ4v) is 3.35. The van der Waals surface area contributed by atoms with E-state index in [0.717, 1.165) is 0 Å². The number of pyridine rings is 1. The summed E-state index contributed by atoms with van der Waals surface area (Å²) in [6.07, 6.45) is -0.569. The molecule has 1 atom stereocenters. The Labute approximate surface area is 132 Å². The maximum Gasteiger partial charge on any atom is 0.261 e. The number of aromatic nitrogens is 1. The van der Waals surface area contributed by atoms with E-state index in [1.165, 1.54) is 4.57 Å². The van der Waals surface area contributed by atoms with E-state index in [0.29, 0.717) is 39.6 Å². The quantitative estimate of drug-likeness (QED) is 0.619. The summed E-state index contributed by atoms with van der Waals surface area (Å²) in [5, 5.41) is 11.5. The molecule has 0 aliphatic heterocycles. The standard InChI is InChI=1S/C19H15NO3/c1-2-15(21)20-17-12-8-4-5-9-13(12)18(22)16(17)11-7-3-6-10-14(11)19(20)23/h3-10,15,21H,2H2,1H3/t15-/m0/s1. The molecule has 0 saturated carbocycles. The molecule has 1 heterocycles. The highest BCUT2D eigenvalue weighted by molar-refractivity contribution is 6.26. The van der Waals surface area contributed by atoms with E-state index in [-0.39, 0.29) is 11.3 Å². The summed E-state index contributed by atoms with van der Waals surface area (Å²) >= 11 is 0. The Kier molecular flexibility index (Phi) is 2.96. The van der Waals surface area contributed by atoms with Gasteiger partial charge in [-0.2, -0.15) is 0 Å². The molecule has 4 rings (SSSR count). The number of hydrogen-bond acceptors (Lipinski definition) is 3. The van der Waals surface area contributed by atoms with E-state index in [2.05, 4.69) is 0 Å². The van der Waals surface area contributed by atoms with Crippen LogP contribution < -0.4 is 5.56 Å². The van der Waals surface area contributed by atoms with Crippen LogP contribution in [0.25, 0.3) is 22.0 Å². The second-order valence-electron chi connectivity index (χ2n) is 5.71. The third-order valence-electron chi connectivity index (χ3n) is 4.44. The molecule has 2 aromatic carbocycles. The van der Waals surface area contributed by atoms with Gasteiger partial charge in [-0.05, 0) is 12.5 Å². The fraction of sp³-hybridized carbons (Fsp3) is 0.158. The van der Waals surface area contributed by atoms with Gasteiger partial charge in [0.05, 0.1) is 11.3 Å². The summed E-state index contributed by atoms with van der Waals surface area (Å²) in [6, 6.07) is 14.3. The smallest absolute Gasteiger partial charge is 0.261 e. The lowest BCUT2D eigenvalue weighted by atomic mass is 10.0. The van der Waals surface area contributed by atoms with Crippen molar-refractivity contribution < 1.29 is 9.90 Å². The average Bonchev–Trinajstić information content (AvgIpc) is 2.88. The Morgan fingerprint density at radius 3 is 2.26 bits per heavy atom. The molecule has 3 aromatic rings. The number of fused-ring (bicyclic) bond motifs is 5. The number of ketones is 1. The minimum Gasteiger partial charge on any atom is -0.373 e. The zero-order valence-corrected chi connectivity index (χ0v) is 12.6. The third-order valence-corrected chi connectivity index (χ3v) is 4.44. The highest BCUT2D eigenvalue weighted by Gasteiger charge is 2.33. The van der Waals surface area contributed by atoms with Crippen molar-refractivity contribution in [3.05, 3.63) is 70.0 Å². The number of nitrogens with zero attached hydrogens (tertiary/aromatic N) is 1. The summed E-state index contributed by atoms with van der Waals surface area (Å²) in [6.45, 7) is 1.81. The highest BCUT2D eigenvalue weighted by atomic mass is 16.3. The van der Waals surface area contributed by atoms with Crippen LogP contribution >= 0.6 is 0 Å². The SMILES string of the molecule is CC[C@H](O)n1c2c(c3ccccc3c1=O)C(=O)c1ccccc1-2. The second-order valence-corrected chi connectivity index (χ2v) is 5.71. The third kappa shape index (κ3) is 1.75. The number of aliphatic hydroxyl groups is 1. The van der Waals surface area contributed by atoms with Gasteiger partial charge >= 0.3 is 0 Å². The summed E-state index contributed by atoms with van der Waals surface area (Å²) in [5.41, 5.74) is 2.06. The van der Waals surface area contributed by atoms with Gasteiger partial charge in [0.25, 0.3) is 5.56 Å². The number of benzene rings is 2. The van der Waals surface area contributed by atoms with Gasteiger partial charge in [-0.3, -0.25) is 14.2 Å². The molecule has 1 aliphatic rings. The minimum atomic E-state index is -0.959. The first-order chi connectivity index (χ1) is 11.1. The van der Waals surface area contributed by atoms with Crippen molar-refractivity contribution in [1.29, 1.82) is 0 Å². The Hall–Kier alpha value is -2.72. The van der Waals surface area contributed by atoms with Crippen LogP contribution in [0.3, 0.4) is 0 Å². The van der Waals surface area contributed by atoms with Gasteiger partial charge in [-0.15, -0.1) is 0 Å². The molecule has 0 saturated heterocycles. The highest BCUT2D eigenvalue weighted by Crippen LogP contribution is 2.40. The second kappa shape index (κ2) is 4.89. The van der Waals surface area contributed by atoms with Crippen LogP contribution in [0, 0.1) is 0 Å². The molecule has 4 heteroatoms. The maximum atomic E-state index is 12.9. The van der Waals surface area contributed by atoms with Crippen LogP contribution in [0.4, 0.5) is 0 Å². The van der Waals surface area contributed by atoms with E-state index in [1.807, 2.05) is 24.3 Å². The van der Waals surface area contributed by atoms with Crippen molar-refractivity contribution in [2.75, 3.05) is 0 Å². The Balaban J connectivity index is 2.26. The zero-order chi connectivity index (χ0) is 16.1. The van der Waals surface area contributed by atoms with Crippen molar-refractivity contribution in [3.63, 3.8) is 0 Å². The summed E-state index contributed by atoms with van der Waals surface area (Å²) in [4.78, 5) is 25.8. The number of carbonyl (C=O) groups excluding carboxylic acids is 1. The van der Waals surface area contributed by atoms with Crippen LogP contribution in [-0.2, 0) is 0 Å². The number of rotatable bonds is 2. The molecular weight excluding hydrogens is 290 g/mol. The molecule has 0 bridgehead atoms. The van der Waals surface area contributed by atoms with E-state index in [1.54, 1.807) is 31.2 Å². The summed E-state index contributed by atoms with van der Waals surface area (Å²) in [7, 11) is 0. The van der Waals surface area contributed by atoms with Gasteiger partial charge in [-0.1, -0.05) is 49.4 Å². The predicted octanol–water partition coefficient (Wildman–Crippen LogP) is 3.11. The van der Waals surface area contributed by atoms with Crippen molar-refractivity contribution in [2.45, 2.75) is 19.6 Å². The first-order valence-electron chi connectivity index (χ1n) is 7.64. The van der Waals surface area contributed by atoms with Gasteiger partial charge in [0.15, 0.2) is 5.78 Å². The number of hydrogen-bond donors (Lipinski definition) is 1. The topological polar surface area (TPSA) is 59.3 Å². The largest absolute Gasteiger partial charge is 0.373 e. The summed E-state index contributed by atoms with van der Waals surface area (Å²) in [5.74, 6) is -0.0937. The number of carbonyl (C=O) groups is 1. The first kappa shape index (κ1) is 13.9. The van der Waals surface area contributed by atoms with Crippen LogP contribution in [-0.4, -0.2) is 15.5 Å². The van der Waals surface area contributed by atoms with E-state index < -0.39 is 6.23 Å². The molecule has 0 spiro atoms. The van der Waals surface area contributed by atoms with Gasteiger partial charge < -0.3 is 5.11 Å². The predicted molar refractivity (Wildman–Crippen MR) is 88.6 cm³/mol. The average molecular weight is 305 g/mol. The molecule has 0 fully saturated rings. The van der Waals surface area contributed by atoms with Gasteiger partial charge in [0, 0.05) is 21.9 Å². The number of aliphatic hydroxyl groups excluding tert-OH is 1. The lowest BCUT2D eigenvalue weighted by Crippen LogP contribution is -2.27. The normalized spacial score (nSPS) is 13.9. The fourth-order valence-electron chi connectivity index (χ4n) is 3.35. The molecule has 1 aromatic heterocycles. The van der Waals surface area contributed by atoms with Gasteiger partial charge in [-0.25, -0.2) is 0 Å². The molecule has 23 heavy (non-hydrogen) atoms. The molecular formula is C19H15NO3. The molecule has 0 amide bonds.